The lowest BCUT2D eigenvalue weighted by molar-refractivity contribution is -0.148. The summed E-state index contributed by atoms with van der Waals surface area (Å²) in [5.74, 6) is -0.399. The third kappa shape index (κ3) is 6.29. The van der Waals surface area contributed by atoms with Crippen LogP contribution in [0.2, 0.25) is 26.7 Å². The van der Waals surface area contributed by atoms with Crippen LogP contribution in [0.5, 0.6) is 0 Å². The van der Waals surface area contributed by atoms with Crippen molar-refractivity contribution in [3.8, 4) is 0 Å². The van der Waals surface area contributed by atoms with Crippen LogP contribution in [0.15, 0.2) is 23.1 Å². The van der Waals surface area contributed by atoms with Gasteiger partial charge in [-0.05, 0) is 55.1 Å². The van der Waals surface area contributed by atoms with Gasteiger partial charge in [0.2, 0.25) is 0 Å². The number of carbonyl (C=O) groups is 1. The van der Waals surface area contributed by atoms with Crippen LogP contribution in [0.1, 0.15) is 67.9 Å². The Morgan fingerprint density at radius 3 is 1.93 bits per heavy atom. The summed E-state index contributed by atoms with van der Waals surface area (Å²) in [4.78, 5) is 13.0. The van der Waals surface area contributed by atoms with Gasteiger partial charge in [-0.3, -0.25) is 0 Å². The van der Waals surface area contributed by atoms with Gasteiger partial charge in [0.1, 0.15) is 12.8 Å². The Balaban J connectivity index is 3.20. The monoisotopic (exact) mass is 460 g/mol. The summed E-state index contributed by atoms with van der Waals surface area (Å²) in [7, 11) is -1.72. The van der Waals surface area contributed by atoms with Crippen LogP contribution in [-0.4, -0.2) is 18.8 Å². The number of hydrogen-bond acceptors (Lipinski definition) is 3. The zero-order chi connectivity index (χ0) is 21.9. The van der Waals surface area contributed by atoms with E-state index in [1.807, 2.05) is 44.1 Å². The average molecular weight is 462 g/mol. The molecule has 0 saturated carbocycles. The van der Waals surface area contributed by atoms with Crippen molar-refractivity contribution in [2.75, 3.05) is 0 Å². The SMILES string of the molecule is CC(C)[Si](Sc1ccc(/C=C/C(=O)OC(C)(C)C)c(Cl)c1Cl)(C(C)C)C(C)C. The van der Waals surface area contributed by atoms with E-state index in [1.54, 1.807) is 6.08 Å². The van der Waals surface area contributed by atoms with Gasteiger partial charge in [-0.15, -0.1) is 11.2 Å². The van der Waals surface area contributed by atoms with Gasteiger partial charge < -0.3 is 4.74 Å². The van der Waals surface area contributed by atoms with Crippen LogP contribution in [0.3, 0.4) is 0 Å². The van der Waals surface area contributed by atoms with E-state index < -0.39 is 18.8 Å². The van der Waals surface area contributed by atoms with Gasteiger partial charge in [-0.25, -0.2) is 4.79 Å². The highest BCUT2D eigenvalue weighted by Gasteiger charge is 2.44. The fourth-order valence-corrected chi connectivity index (χ4v) is 13.7. The Labute approximate surface area is 186 Å². The minimum atomic E-state index is -1.72. The molecule has 0 aliphatic heterocycles. The Morgan fingerprint density at radius 1 is 1.00 bits per heavy atom. The standard InChI is InChI=1S/C22H34Cl2O2SSi/c1-14(2)28(15(3)4,16(5)6)27-18-12-10-17(20(23)21(18)24)11-13-19(25)26-22(7,8)9/h10-16H,1-9H3/b13-11+. The van der Waals surface area contributed by atoms with Crippen molar-refractivity contribution in [1.29, 1.82) is 0 Å². The first-order valence-corrected chi connectivity index (χ1v) is 14.3. The molecule has 0 aliphatic carbocycles. The molecule has 0 heterocycles. The first-order chi connectivity index (χ1) is 12.7. The summed E-state index contributed by atoms with van der Waals surface area (Å²) in [6.45, 7) is 19.5. The molecule has 0 radical (unpaired) electrons. The highest BCUT2D eigenvalue weighted by atomic mass is 35.5. The van der Waals surface area contributed by atoms with Gasteiger partial charge in [-0.1, -0.05) is 70.8 Å². The molecule has 158 valence electrons. The smallest absolute Gasteiger partial charge is 0.331 e. The molecule has 2 nitrogen and oxygen atoms in total. The number of benzene rings is 1. The molecule has 1 aromatic carbocycles. The number of carbonyl (C=O) groups excluding carboxylic acids is 1. The second kappa shape index (κ2) is 10.1. The Hall–Kier alpha value is -0.423. The van der Waals surface area contributed by atoms with Crippen LogP contribution in [-0.2, 0) is 9.53 Å². The lowest BCUT2D eigenvalue weighted by Crippen LogP contribution is -2.41. The highest BCUT2D eigenvalue weighted by molar-refractivity contribution is 8.29. The van der Waals surface area contributed by atoms with Crippen LogP contribution in [0.25, 0.3) is 6.08 Å². The molecule has 6 heteroatoms. The van der Waals surface area contributed by atoms with Gasteiger partial charge in [0.25, 0.3) is 0 Å². The summed E-state index contributed by atoms with van der Waals surface area (Å²) in [6.07, 6.45) is 3.06. The molecule has 0 spiro atoms. The second-order valence-electron chi connectivity index (χ2n) is 9.07. The van der Waals surface area contributed by atoms with E-state index in [1.165, 1.54) is 6.08 Å². The number of rotatable bonds is 7. The number of halogens is 2. The maximum Gasteiger partial charge on any atom is 0.331 e. The number of ether oxygens (including phenoxy) is 1. The summed E-state index contributed by atoms with van der Waals surface area (Å²) in [5, 5.41) is 1.04. The zero-order valence-electron chi connectivity index (χ0n) is 18.5. The zero-order valence-corrected chi connectivity index (χ0v) is 21.9. The molecule has 0 fully saturated rings. The predicted molar refractivity (Wildman–Crippen MR) is 128 cm³/mol. The van der Waals surface area contributed by atoms with Gasteiger partial charge >= 0.3 is 5.97 Å². The lowest BCUT2D eigenvalue weighted by Gasteiger charge is -2.42. The van der Waals surface area contributed by atoms with Crippen molar-refractivity contribution in [1.82, 2.24) is 0 Å². The Bertz CT molecular complexity index is 700. The first kappa shape index (κ1) is 25.6. The van der Waals surface area contributed by atoms with Crippen molar-refractivity contribution in [2.24, 2.45) is 0 Å². The summed E-state index contributed by atoms with van der Waals surface area (Å²) >= 11 is 15.2. The minimum absolute atomic E-state index is 0.399. The quantitative estimate of drug-likeness (QED) is 0.231. The third-order valence-corrected chi connectivity index (χ3v) is 18.2. The molecule has 0 aliphatic rings. The molecule has 0 aromatic heterocycles. The van der Waals surface area contributed by atoms with Crippen molar-refractivity contribution in [3.63, 3.8) is 0 Å². The first-order valence-electron chi connectivity index (χ1n) is 9.80. The highest BCUT2D eigenvalue weighted by Crippen LogP contribution is 2.53. The van der Waals surface area contributed by atoms with Crippen molar-refractivity contribution in [2.45, 2.75) is 89.4 Å². The van der Waals surface area contributed by atoms with Gasteiger partial charge in [0, 0.05) is 11.0 Å². The average Bonchev–Trinajstić information content (AvgIpc) is 2.52. The van der Waals surface area contributed by atoms with Crippen molar-refractivity contribution < 1.29 is 9.53 Å². The fraction of sp³-hybridized carbons (Fsp3) is 0.591. The van der Waals surface area contributed by atoms with E-state index in [9.17, 15) is 4.79 Å². The lowest BCUT2D eigenvalue weighted by atomic mass is 10.2. The van der Waals surface area contributed by atoms with Gasteiger partial charge in [0.05, 0.1) is 10.0 Å². The molecule has 0 saturated heterocycles. The van der Waals surface area contributed by atoms with E-state index in [0.717, 1.165) is 4.90 Å². The molecule has 0 amide bonds. The van der Waals surface area contributed by atoms with E-state index in [2.05, 4.69) is 41.5 Å². The second-order valence-corrected chi connectivity index (χ2v) is 18.4. The molecule has 0 N–H and O–H groups in total. The fourth-order valence-electron chi connectivity index (χ4n) is 3.79. The topological polar surface area (TPSA) is 26.3 Å². The normalized spacial score (nSPS) is 13.2. The molecular formula is C22H34Cl2O2SSi. The molecule has 0 unspecified atom stereocenters. The Kier molecular flexibility index (Phi) is 9.20. The Morgan fingerprint density at radius 2 is 1.50 bits per heavy atom. The number of hydrogen-bond donors (Lipinski definition) is 0. The maximum absolute atomic E-state index is 11.9. The molecular weight excluding hydrogens is 427 g/mol. The van der Waals surface area contributed by atoms with Crippen LogP contribution in [0, 0.1) is 0 Å². The molecule has 1 rings (SSSR count). The molecule has 0 atom stereocenters. The van der Waals surface area contributed by atoms with Crippen LogP contribution >= 0.6 is 34.4 Å². The van der Waals surface area contributed by atoms with Crippen LogP contribution in [0.4, 0.5) is 0 Å². The van der Waals surface area contributed by atoms with Crippen LogP contribution < -0.4 is 0 Å². The van der Waals surface area contributed by atoms with Crippen molar-refractivity contribution in [3.05, 3.63) is 33.8 Å². The van der Waals surface area contributed by atoms with E-state index in [4.69, 9.17) is 27.9 Å². The number of esters is 1. The largest absolute Gasteiger partial charge is 0.457 e. The third-order valence-electron chi connectivity index (χ3n) is 4.88. The van der Waals surface area contributed by atoms with E-state index in [0.29, 0.717) is 32.2 Å². The van der Waals surface area contributed by atoms with Gasteiger partial charge in [-0.2, -0.15) is 0 Å². The minimum Gasteiger partial charge on any atom is -0.457 e. The maximum atomic E-state index is 11.9. The van der Waals surface area contributed by atoms with Gasteiger partial charge in [0.15, 0.2) is 0 Å². The summed E-state index contributed by atoms with van der Waals surface area (Å²) in [6, 6.07) is 3.96. The molecule has 1 aromatic rings. The molecule has 28 heavy (non-hydrogen) atoms. The summed E-state index contributed by atoms with van der Waals surface area (Å²) < 4.78 is 5.30. The molecule has 0 bridgehead atoms. The van der Waals surface area contributed by atoms with E-state index in [-0.39, 0.29) is 0 Å². The predicted octanol–water partition coefficient (Wildman–Crippen LogP) is 8.62. The summed E-state index contributed by atoms with van der Waals surface area (Å²) in [5.41, 5.74) is 2.02. The van der Waals surface area contributed by atoms with E-state index >= 15 is 0 Å². The van der Waals surface area contributed by atoms with Crippen molar-refractivity contribution >= 4 is 53.7 Å².